The van der Waals surface area contributed by atoms with Crippen LogP contribution in [0.4, 0.5) is 0 Å². The van der Waals surface area contributed by atoms with Gasteiger partial charge in [0.1, 0.15) is 0 Å². The molecule has 0 aliphatic heterocycles. The molecule has 0 aliphatic rings. The molecule has 0 amide bonds. The van der Waals surface area contributed by atoms with Crippen LogP contribution in [0, 0.1) is 11.8 Å². The lowest BCUT2D eigenvalue weighted by atomic mass is 9.88. The summed E-state index contributed by atoms with van der Waals surface area (Å²) in [6, 6.07) is 0. The molecule has 2 heteroatoms. The second kappa shape index (κ2) is 6.17. The molecular formula is C11H22O2. The Morgan fingerprint density at radius 3 is 2.15 bits per heavy atom. The summed E-state index contributed by atoms with van der Waals surface area (Å²) in [6.07, 6.45) is 3.51. The summed E-state index contributed by atoms with van der Waals surface area (Å²) in [5, 5.41) is 19.4. The van der Waals surface area contributed by atoms with Crippen LogP contribution in [0.25, 0.3) is 0 Å². The third kappa shape index (κ3) is 3.92. The van der Waals surface area contributed by atoms with Gasteiger partial charge in [-0.2, -0.15) is 0 Å². The van der Waals surface area contributed by atoms with Gasteiger partial charge in [0.05, 0.1) is 12.2 Å². The maximum Gasteiger partial charge on any atom is 0.0771 e. The fraction of sp³-hybridized carbons (Fsp3) is 0.818. The number of hydrogen-bond acceptors (Lipinski definition) is 2. The van der Waals surface area contributed by atoms with E-state index in [1.165, 1.54) is 0 Å². The summed E-state index contributed by atoms with van der Waals surface area (Å²) in [4.78, 5) is 0. The van der Waals surface area contributed by atoms with Crippen LogP contribution in [0.2, 0.25) is 0 Å². The van der Waals surface area contributed by atoms with Crippen molar-refractivity contribution in [2.24, 2.45) is 11.8 Å². The zero-order valence-corrected chi connectivity index (χ0v) is 9.07. The molecule has 0 bridgehead atoms. The molecule has 2 N–H and O–H groups in total. The Balaban J connectivity index is 4.15. The zero-order chi connectivity index (χ0) is 10.4. The summed E-state index contributed by atoms with van der Waals surface area (Å²) >= 11 is 0. The van der Waals surface area contributed by atoms with Crippen molar-refractivity contribution < 1.29 is 10.2 Å². The Morgan fingerprint density at radius 2 is 1.77 bits per heavy atom. The molecule has 0 saturated heterocycles. The molecule has 0 heterocycles. The minimum absolute atomic E-state index is 0.0915. The van der Waals surface area contributed by atoms with Crippen molar-refractivity contribution in [3.63, 3.8) is 0 Å². The molecule has 0 aromatic heterocycles. The lowest BCUT2D eigenvalue weighted by molar-refractivity contribution is 0.0111. The first kappa shape index (κ1) is 12.7. The lowest BCUT2D eigenvalue weighted by Gasteiger charge is -2.26. The van der Waals surface area contributed by atoms with Gasteiger partial charge in [-0.15, -0.1) is 0 Å². The average Bonchev–Trinajstić information content (AvgIpc) is 2.14. The van der Waals surface area contributed by atoms with Crippen LogP contribution in [0.1, 0.15) is 34.1 Å². The van der Waals surface area contributed by atoms with E-state index < -0.39 is 12.2 Å². The van der Waals surface area contributed by atoms with Gasteiger partial charge in [0.2, 0.25) is 0 Å². The Hall–Kier alpha value is -0.340. The predicted octanol–water partition coefficient (Wildman–Crippen LogP) is 1.97. The van der Waals surface area contributed by atoms with Gasteiger partial charge in [-0.1, -0.05) is 39.3 Å². The van der Waals surface area contributed by atoms with Gasteiger partial charge in [0.15, 0.2) is 0 Å². The number of allylic oxidation sites excluding steroid dienone is 1. The third-order valence-corrected chi connectivity index (χ3v) is 2.69. The summed E-state index contributed by atoms with van der Waals surface area (Å²) in [7, 11) is 0. The first-order valence-electron chi connectivity index (χ1n) is 5.03. The maximum atomic E-state index is 9.79. The van der Waals surface area contributed by atoms with Crippen molar-refractivity contribution in [1.82, 2.24) is 0 Å². The number of aliphatic hydroxyl groups is 2. The van der Waals surface area contributed by atoms with E-state index in [1.807, 2.05) is 33.8 Å². The van der Waals surface area contributed by atoms with Crippen LogP contribution < -0.4 is 0 Å². The summed E-state index contributed by atoms with van der Waals surface area (Å²) in [5.74, 6) is 0.154. The molecule has 0 spiro atoms. The van der Waals surface area contributed by atoms with Crippen molar-refractivity contribution in [1.29, 1.82) is 0 Å². The quantitative estimate of drug-likeness (QED) is 0.644. The van der Waals surface area contributed by atoms with Crippen LogP contribution >= 0.6 is 0 Å². The average molecular weight is 186 g/mol. The van der Waals surface area contributed by atoms with Crippen molar-refractivity contribution in [2.45, 2.75) is 46.3 Å². The molecule has 0 unspecified atom stereocenters. The molecule has 0 radical (unpaired) electrons. The van der Waals surface area contributed by atoms with Gasteiger partial charge in [-0.05, 0) is 12.8 Å². The normalized spacial score (nSPS) is 21.4. The topological polar surface area (TPSA) is 40.5 Å². The van der Waals surface area contributed by atoms with Crippen LogP contribution in [0.5, 0.6) is 0 Å². The largest absolute Gasteiger partial charge is 0.392 e. The van der Waals surface area contributed by atoms with Gasteiger partial charge in [0, 0.05) is 5.92 Å². The summed E-state index contributed by atoms with van der Waals surface area (Å²) < 4.78 is 0. The second-order valence-electron chi connectivity index (χ2n) is 3.75. The van der Waals surface area contributed by atoms with Gasteiger partial charge in [-0.25, -0.2) is 0 Å². The molecule has 0 aromatic rings. The molecule has 0 aromatic carbocycles. The Labute approximate surface area is 81.3 Å². The predicted molar refractivity (Wildman–Crippen MR) is 55.4 cm³/mol. The molecule has 78 valence electrons. The van der Waals surface area contributed by atoms with Crippen LogP contribution in [-0.2, 0) is 0 Å². The highest BCUT2D eigenvalue weighted by Gasteiger charge is 2.24. The van der Waals surface area contributed by atoms with E-state index >= 15 is 0 Å². The van der Waals surface area contributed by atoms with Crippen molar-refractivity contribution >= 4 is 0 Å². The molecule has 0 fully saturated rings. The molecule has 0 saturated carbocycles. The molecule has 13 heavy (non-hydrogen) atoms. The van der Waals surface area contributed by atoms with E-state index in [9.17, 15) is 10.2 Å². The summed E-state index contributed by atoms with van der Waals surface area (Å²) in [6.45, 7) is 7.79. The molecule has 0 aliphatic carbocycles. The number of hydrogen-bond donors (Lipinski definition) is 2. The monoisotopic (exact) mass is 186 g/mol. The molecule has 4 atom stereocenters. The SMILES string of the molecule is C/C=C/[C@@H](O)[C@H](C)[C@@H](O)[C@@H](C)CC. The minimum Gasteiger partial charge on any atom is -0.392 e. The highest BCUT2D eigenvalue weighted by atomic mass is 16.3. The Bertz CT molecular complexity index is 154. The lowest BCUT2D eigenvalue weighted by Crippen LogP contribution is -2.32. The van der Waals surface area contributed by atoms with Gasteiger partial charge < -0.3 is 10.2 Å². The van der Waals surface area contributed by atoms with E-state index in [0.29, 0.717) is 0 Å². The zero-order valence-electron chi connectivity index (χ0n) is 9.07. The number of rotatable bonds is 5. The standard InChI is InChI=1S/C11H22O2/c1-5-7-10(12)9(4)11(13)8(3)6-2/h5,7-13H,6H2,1-4H3/b7-5+/t8-,9-,10+,11-/m0/s1. The van der Waals surface area contributed by atoms with Crippen LogP contribution in [-0.4, -0.2) is 22.4 Å². The van der Waals surface area contributed by atoms with Gasteiger partial charge >= 0.3 is 0 Å². The number of aliphatic hydroxyl groups excluding tert-OH is 2. The van der Waals surface area contributed by atoms with E-state index in [4.69, 9.17) is 0 Å². The van der Waals surface area contributed by atoms with Crippen LogP contribution in [0.3, 0.4) is 0 Å². The van der Waals surface area contributed by atoms with E-state index in [2.05, 4.69) is 0 Å². The van der Waals surface area contributed by atoms with E-state index in [-0.39, 0.29) is 11.8 Å². The molecule has 0 rings (SSSR count). The highest BCUT2D eigenvalue weighted by Crippen LogP contribution is 2.19. The minimum atomic E-state index is -0.533. The fourth-order valence-corrected chi connectivity index (χ4v) is 1.33. The first-order valence-corrected chi connectivity index (χ1v) is 5.03. The highest BCUT2D eigenvalue weighted by molar-refractivity contribution is 4.91. The smallest absolute Gasteiger partial charge is 0.0771 e. The van der Waals surface area contributed by atoms with Gasteiger partial charge in [0.25, 0.3) is 0 Å². The van der Waals surface area contributed by atoms with Gasteiger partial charge in [-0.3, -0.25) is 0 Å². The third-order valence-electron chi connectivity index (χ3n) is 2.69. The first-order chi connectivity index (χ1) is 6.04. The summed E-state index contributed by atoms with van der Waals surface area (Å²) in [5.41, 5.74) is 0. The Morgan fingerprint density at radius 1 is 1.23 bits per heavy atom. The fourth-order valence-electron chi connectivity index (χ4n) is 1.33. The van der Waals surface area contributed by atoms with E-state index in [1.54, 1.807) is 6.08 Å². The Kier molecular flexibility index (Phi) is 6.00. The van der Waals surface area contributed by atoms with Crippen molar-refractivity contribution in [3.05, 3.63) is 12.2 Å². The van der Waals surface area contributed by atoms with E-state index in [0.717, 1.165) is 6.42 Å². The maximum absolute atomic E-state index is 9.79. The molecule has 2 nitrogen and oxygen atoms in total. The van der Waals surface area contributed by atoms with Crippen molar-refractivity contribution in [3.8, 4) is 0 Å². The van der Waals surface area contributed by atoms with Crippen molar-refractivity contribution in [2.75, 3.05) is 0 Å². The molecular weight excluding hydrogens is 164 g/mol. The second-order valence-corrected chi connectivity index (χ2v) is 3.75. The van der Waals surface area contributed by atoms with Crippen LogP contribution in [0.15, 0.2) is 12.2 Å².